The number of rotatable bonds is 5. The topological polar surface area (TPSA) is 50.4 Å². The number of benzene rings is 2. The highest BCUT2D eigenvalue weighted by Crippen LogP contribution is 2.58. The van der Waals surface area contributed by atoms with Crippen LogP contribution in [0.5, 0.6) is 5.75 Å². The van der Waals surface area contributed by atoms with Gasteiger partial charge in [-0.1, -0.05) is 30.3 Å². The van der Waals surface area contributed by atoms with E-state index in [1.54, 1.807) is 0 Å². The molecule has 1 aliphatic carbocycles. The standard InChI is InChI=1S/C22H26N2O2/c1-16-17(15-26-18-7-3-2-4-8-18)6-5-9-20(16)24-21(25)19-14-22(19)10-12-23-13-11-22/h2-9,19,23H,10-15H2,1H3,(H,24,25). The molecule has 2 aromatic carbocycles. The molecule has 2 aliphatic rings. The minimum atomic E-state index is 0.174. The van der Waals surface area contributed by atoms with Crippen molar-refractivity contribution >= 4 is 11.6 Å². The van der Waals surface area contributed by atoms with Crippen molar-refractivity contribution in [1.82, 2.24) is 5.32 Å². The minimum Gasteiger partial charge on any atom is -0.489 e. The van der Waals surface area contributed by atoms with Crippen LogP contribution in [0.15, 0.2) is 48.5 Å². The summed E-state index contributed by atoms with van der Waals surface area (Å²) in [6.45, 7) is 4.62. The fourth-order valence-electron chi connectivity index (χ4n) is 4.07. The Labute approximate surface area is 155 Å². The van der Waals surface area contributed by atoms with Crippen LogP contribution in [0.3, 0.4) is 0 Å². The average Bonchev–Trinajstić information content (AvgIpc) is 3.37. The van der Waals surface area contributed by atoms with E-state index in [1.165, 1.54) is 0 Å². The molecule has 2 fully saturated rings. The van der Waals surface area contributed by atoms with Crippen molar-refractivity contribution in [2.75, 3.05) is 18.4 Å². The van der Waals surface area contributed by atoms with Gasteiger partial charge in [0.15, 0.2) is 0 Å². The Hall–Kier alpha value is -2.33. The summed E-state index contributed by atoms with van der Waals surface area (Å²) in [5.41, 5.74) is 3.34. The number of carbonyl (C=O) groups excluding carboxylic acids is 1. The van der Waals surface area contributed by atoms with Crippen LogP contribution < -0.4 is 15.4 Å². The Balaban J connectivity index is 1.40. The van der Waals surface area contributed by atoms with E-state index in [0.29, 0.717) is 6.61 Å². The summed E-state index contributed by atoms with van der Waals surface area (Å²) >= 11 is 0. The van der Waals surface area contributed by atoms with Crippen LogP contribution in [0.2, 0.25) is 0 Å². The fraction of sp³-hybridized carbons (Fsp3) is 0.409. The lowest BCUT2D eigenvalue weighted by atomic mass is 9.91. The third kappa shape index (κ3) is 3.47. The molecule has 136 valence electrons. The molecule has 0 radical (unpaired) electrons. The van der Waals surface area contributed by atoms with Gasteiger partial charge in [-0.2, -0.15) is 0 Å². The second kappa shape index (κ2) is 7.12. The first-order valence-corrected chi connectivity index (χ1v) is 9.46. The normalized spacial score (nSPS) is 20.6. The summed E-state index contributed by atoms with van der Waals surface area (Å²) in [4.78, 5) is 12.7. The van der Waals surface area contributed by atoms with Gasteiger partial charge in [-0.25, -0.2) is 0 Å². The van der Waals surface area contributed by atoms with Gasteiger partial charge in [0, 0.05) is 11.6 Å². The molecule has 26 heavy (non-hydrogen) atoms. The van der Waals surface area contributed by atoms with E-state index in [9.17, 15) is 4.79 Å². The number of nitrogens with one attached hydrogen (secondary N) is 2. The maximum absolute atomic E-state index is 12.7. The molecule has 1 aliphatic heterocycles. The molecule has 1 unspecified atom stereocenters. The molecule has 0 aromatic heterocycles. The summed E-state index contributed by atoms with van der Waals surface area (Å²) in [7, 11) is 0. The predicted molar refractivity (Wildman–Crippen MR) is 103 cm³/mol. The molecule has 1 atom stereocenters. The zero-order chi connectivity index (χ0) is 18.0. The van der Waals surface area contributed by atoms with Crippen LogP contribution in [-0.4, -0.2) is 19.0 Å². The van der Waals surface area contributed by atoms with Crippen LogP contribution in [-0.2, 0) is 11.4 Å². The highest BCUT2D eigenvalue weighted by atomic mass is 16.5. The van der Waals surface area contributed by atoms with E-state index in [-0.39, 0.29) is 17.2 Å². The third-order valence-corrected chi connectivity index (χ3v) is 5.95. The molecule has 4 heteroatoms. The van der Waals surface area contributed by atoms with E-state index in [4.69, 9.17) is 4.74 Å². The molecule has 4 nitrogen and oxygen atoms in total. The summed E-state index contributed by atoms with van der Waals surface area (Å²) < 4.78 is 5.86. The maximum Gasteiger partial charge on any atom is 0.228 e. The predicted octanol–water partition coefficient (Wildman–Crippen LogP) is 3.90. The molecule has 1 spiro atoms. The van der Waals surface area contributed by atoms with Crippen LogP contribution in [0.25, 0.3) is 0 Å². The Morgan fingerprint density at radius 2 is 1.92 bits per heavy atom. The van der Waals surface area contributed by atoms with Gasteiger partial charge in [0.25, 0.3) is 0 Å². The lowest BCUT2D eigenvalue weighted by molar-refractivity contribution is -0.118. The summed E-state index contributed by atoms with van der Waals surface area (Å²) in [5.74, 6) is 1.21. The number of ether oxygens (including phenoxy) is 1. The molecule has 1 saturated carbocycles. The summed E-state index contributed by atoms with van der Waals surface area (Å²) in [6.07, 6.45) is 3.28. The van der Waals surface area contributed by atoms with Gasteiger partial charge in [0.2, 0.25) is 5.91 Å². The highest BCUT2D eigenvalue weighted by Gasteiger charge is 2.57. The molecule has 1 amide bonds. The largest absolute Gasteiger partial charge is 0.489 e. The molecule has 1 saturated heterocycles. The average molecular weight is 350 g/mol. The lowest BCUT2D eigenvalue weighted by Crippen LogP contribution is -2.31. The van der Waals surface area contributed by atoms with Gasteiger partial charge in [-0.05, 0) is 74.0 Å². The van der Waals surface area contributed by atoms with Crippen LogP contribution in [0.1, 0.15) is 30.4 Å². The smallest absolute Gasteiger partial charge is 0.228 e. The van der Waals surface area contributed by atoms with Gasteiger partial charge < -0.3 is 15.4 Å². The van der Waals surface area contributed by atoms with Gasteiger partial charge in [0.05, 0.1) is 0 Å². The number of carbonyl (C=O) groups is 1. The van der Waals surface area contributed by atoms with Crippen LogP contribution in [0.4, 0.5) is 5.69 Å². The van der Waals surface area contributed by atoms with E-state index in [1.807, 2.05) is 49.4 Å². The number of piperidine rings is 1. The van der Waals surface area contributed by atoms with Crippen molar-refractivity contribution in [2.24, 2.45) is 11.3 Å². The van der Waals surface area contributed by atoms with Crippen molar-refractivity contribution < 1.29 is 9.53 Å². The molecular formula is C22H26N2O2. The monoisotopic (exact) mass is 350 g/mol. The number of anilines is 1. The Morgan fingerprint density at radius 1 is 1.15 bits per heavy atom. The van der Waals surface area contributed by atoms with Gasteiger partial charge >= 0.3 is 0 Å². The quantitative estimate of drug-likeness (QED) is 0.860. The number of hydrogen-bond acceptors (Lipinski definition) is 3. The second-order valence-corrected chi connectivity index (χ2v) is 7.55. The van der Waals surface area contributed by atoms with Crippen LogP contribution >= 0.6 is 0 Å². The zero-order valence-electron chi connectivity index (χ0n) is 15.3. The molecular weight excluding hydrogens is 324 g/mol. The number of para-hydroxylation sites is 1. The van der Waals surface area contributed by atoms with Gasteiger partial charge in [-0.3, -0.25) is 4.79 Å². The lowest BCUT2D eigenvalue weighted by Gasteiger charge is -2.23. The van der Waals surface area contributed by atoms with Gasteiger partial charge in [0.1, 0.15) is 12.4 Å². The van der Waals surface area contributed by atoms with E-state index in [0.717, 1.165) is 54.9 Å². The highest BCUT2D eigenvalue weighted by molar-refractivity contribution is 5.95. The number of amides is 1. The Kier molecular flexibility index (Phi) is 4.68. The van der Waals surface area contributed by atoms with Crippen molar-refractivity contribution in [2.45, 2.75) is 32.8 Å². The maximum atomic E-state index is 12.7. The number of hydrogen-bond donors (Lipinski definition) is 2. The van der Waals surface area contributed by atoms with E-state index < -0.39 is 0 Å². The van der Waals surface area contributed by atoms with Crippen molar-refractivity contribution in [3.63, 3.8) is 0 Å². The Bertz CT molecular complexity index is 782. The summed E-state index contributed by atoms with van der Waals surface area (Å²) in [6, 6.07) is 15.8. The first-order valence-electron chi connectivity index (χ1n) is 9.46. The third-order valence-electron chi connectivity index (χ3n) is 5.95. The van der Waals surface area contributed by atoms with Gasteiger partial charge in [-0.15, -0.1) is 0 Å². The second-order valence-electron chi connectivity index (χ2n) is 7.55. The minimum absolute atomic E-state index is 0.174. The zero-order valence-corrected chi connectivity index (χ0v) is 15.3. The van der Waals surface area contributed by atoms with Crippen molar-refractivity contribution in [3.8, 4) is 5.75 Å². The fourth-order valence-corrected chi connectivity index (χ4v) is 4.07. The van der Waals surface area contributed by atoms with E-state index in [2.05, 4.69) is 16.7 Å². The first-order chi connectivity index (χ1) is 12.7. The van der Waals surface area contributed by atoms with Crippen molar-refractivity contribution in [1.29, 1.82) is 0 Å². The molecule has 1 heterocycles. The summed E-state index contributed by atoms with van der Waals surface area (Å²) in [5, 5.41) is 6.56. The molecule has 0 bridgehead atoms. The first kappa shape index (κ1) is 17.1. The van der Waals surface area contributed by atoms with E-state index >= 15 is 0 Å². The van der Waals surface area contributed by atoms with Crippen LogP contribution in [0, 0.1) is 18.3 Å². The molecule has 2 N–H and O–H groups in total. The molecule has 4 rings (SSSR count). The van der Waals surface area contributed by atoms with Crippen molar-refractivity contribution in [3.05, 3.63) is 59.7 Å². The SMILES string of the molecule is Cc1c(COc2ccccc2)cccc1NC(=O)C1CC12CCNCC2. The molecule has 2 aromatic rings. The Morgan fingerprint density at radius 3 is 2.69 bits per heavy atom.